The lowest BCUT2D eigenvalue weighted by molar-refractivity contribution is -0.218. The van der Waals surface area contributed by atoms with Gasteiger partial charge >= 0.3 is 17.2 Å². The van der Waals surface area contributed by atoms with Crippen molar-refractivity contribution in [3.63, 3.8) is 0 Å². The number of halogens is 2. The van der Waals surface area contributed by atoms with Crippen molar-refractivity contribution in [2.24, 2.45) is 22.7 Å². The van der Waals surface area contributed by atoms with Crippen LogP contribution in [-0.4, -0.2) is 42.4 Å². The van der Waals surface area contributed by atoms with E-state index in [1.54, 1.807) is 20.8 Å². The van der Waals surface area contributed by atoms with Crippen molar-refractivity contribution in [1.82, 2.24) is 0 Å². The van der Waals surface area contributed by atoms with E-state index in [1.165, 1.54) is 0 Å². The molecule has 0 N–H and O–H groups in total. The summed E-state index contributed by atoms with van der Waals surface area (Å²) in [7, 11) is -5.93. The van der Waals surface area contributed by atoms with Gasteiger partial charge in [-0.3, -0.25) is 9.59 Å². The number of hydrogen-bond donors (Lipinski definition) is 0. The van der Waals surface area contributed by atoms with E-state index in [0.717, 1.165) is 6.42 Å². The second-order valence-electron chi connectivity index (χ2n) is 9.73. The predicted molar refractivity (Wildman–Crippen MR) is 91.0 cm³/mol. The zero-order chi connectivity index (χ0) is 21.2. The van der Waals surface area contributed by atoms with Crippen LogP contribution in [0.1, 0.15) is 59.3 Å². The van der Waals surface area contributed by atoms with Crippen LogP contribution in [-0.2, 0) is 29.2 Å². The normalized spacial score (nSPS) is 34.9. The fraction of sp³-hybridized carbons (Fsp3) is 0.889. The third kappa shape index (κ3) is 3.77. The molecule has 0 aliphatic heterocycles. The molecule has 4 bridgehead atoms. The largest absolute Gasteiger partial charge is 0.743 e. The molecule has 4 aliphatic carbocycles. The van der Waals surface area contributed by atoms with Gasteiger partial charge in [0.1, 0.15) is 5.60 Å². The van der Waals surface area contributed by atoms with Crippen LogP contribution in [0.4, 0.5) is 8.78 Å². The molecule has 0 radical (unpaired) electrons. The molecule has 0 heterocycles. The first kappa shape index (κ1) is 21.4. The number of rotatable bonds is 5. The van der Waals surface area contributed by atoms with Gasteiger partial charge in [0.2, 0.25) is 0 Å². The topological polar surface area (TPSA) is 110 Å². The summed E-state index contributed by atoms with van der Waals surface area (Å²) in [5.74, 6) is -1.13. The van der Waals surface area contributed by atoms with E-state index < -0.39 is 44.4 Å². The van der Waals surface area contributed by atoms with Gasteiger partial charge in [-0.05, 0) is 64.7 Å². The van der Waals surface area contributed by atoms with E-state index >= 15 is 0 Å². The van der Waals surface area contributed by atoms with Crippen LogP contribution in [0.3, 0.4) is 0 Å². The van der Waals surface area contributed by atoms with E-state index in [1.807, 2.05) is 0 Å². The lowest BCUT2D eigenvalue weighted by Gasteiger charge is -2.60. The maximum Gasteiger partial charge on any atom is 0.367 e. The molecule has 10 heteroatoms. The molecule has 4 saturated carbocycles. The lowest BCUT2D eigenvalue weighted by atomic mass is 9.48. The number of carbonyl (C=O) groups is 2. The van der Waals surface area contributed by atoms with Crippen molar-refractivity contribution in [3.05, 3.63) is 0 Å². The van der Waals surface area contributed by atoms with E-state index in [2.05, 4.69) is 4.74 Å². The van der Waals surface area contributed by atoms with Crippen LogP contribution in [0, 0.1) is 22.7 Å². The van der Waals surface area contributed by atoms with Crippen LogP contribution in [0.25, 0.3) is 0 Å². The van der Waals surface area contributed by atoms with Crippen molar-refractivity contribution in [2.75, 3.05) is 6.61 Å². The van der Waals surface area contributed by atoms with E-state index in [4.69, 9.17) is 4.74 Å². The maximum absolute atomic E-state index is 13.4. The molecule has 0 aromatic heterocycles. The maximum atomic E-state index is 13.4. The van der Waals surface area contributed by atoms with Crippen LogP contribution in [0.2, 0.25) is 0 Å². The monoisotopic (exact) mass is 423 g/mol. The minimum atomic E-state index is -5.93. The van der Waals surface area contributed by atoms with Crippen LogP contribution >= 0.6 is 0 Å². The predicted octanol–water partition coefficient (Wildman–Crippen LogP) is 2.60. The van der Waals surface area contributed by atoms with Gasteiger partial charge < -0.3 is 14.0 Å². The molecule has 4 rings (SSSR count). The third-order valence-electron chi connectivity index (χ3n) is 6.10. The summed E-state index contributed by atoms with van der Waals surface area (Å²) in [6.07, 6.45) is 3.12. The van der Waals surface area contributed by atoms with Gasteiger partial charge in [-0.25, -0.2) is 8.42 Å². The van der Waals surface area contributed by atoms with Crippen molar-refractivity contribution in [1.29, 1.82) is 0 Å². The second kappa shape index (κ2) is 6.35. The standard InChI is InChI=1S/C18H26F2O7S/c1-15(2,3)13(21)27-17-7-11-4-12(8-17)6-16(5-11,9-17)14(22)26-10-18(19,20)28(23,24)25/h11-12H,4-10H2,1-3H3,(H,23,24,25)/p-1. The highest BCUT2D eigenvalue weighted by molar-refractivity contribution is 7.86. The number of esters is 2. The molecule has 0 aromatic rings. The van der Waals surface area contributed by atoms with Gasteiger partial charge in [0.15, 0.2) is 16.7 Å². The Morgan fingerprint density at radius 3 is 2.11 bits per heavy atom. The Morgan fingerprint density at radius 2 is 1.64 bits per heavy atom. The zero-order valence-electron chi connectivity index (χ0n) is 16.1. The van der Waals surface area contributed by atoms with Gasteiger partial charge in [0.05, 0.1) is 10.8 Å². The molecule has 2 atom stereocenters. The van der Waals surface area contributed by atoms with Gasteiger partial charge in [0.25, 0.3) is 0 Å². The van der Waals surface area contributed by atoms with Crippen molar-refractivity contribution < 1.29 is 40.8 Å². The van der Waals surface area contributed by atoms with Gasteiger partial charge in [-0.1, -0.05) is 0 Å². The van der Waals surface area contributed by atoms with Gasteiger partial charge in [-0.15, -0.1) is 0 Å². The Kier molecular flexibility index (Phi) is 4.86. The third-order valence-corrected chi connectivity index (χ3v) is 6.95. The Hall–Kier alpha value is -1.29. The highest BCUT2D eigenvalue weighted by Crippen LogP contribution is 2.63. The van der Waals surface area contributed by atoms with Gasteiger partial charge in [-0.2, -0.15) is 8.78 Å². The Morgan fingerprint density at radius 1 is 1.11 bits per heavy atom. The van der Waals surface area contributed by atoms with Crippen molar-refractivity contribution in [3.8, 4) is 0 Å². The van der Waals surface area contributed by atoms with Crippen molar-refractivity contribution in [2.45, 2.75) is 70.2 Å². The number of carbonyl (C=O) groups excluding carboxylic acids is 2. The molecular weight excluding hydrogens is 398 g/mol. The fourth-order valence-corrected chi connectivity index (χ4v) is 5.46. The summed E-state index contributed by atoms with van der Waals surface area (Å²) in [6.45, 7) is 3.38. The van der Waals surface area contributed by atoms with Crippen LogP contribution < -0.4 is 0 Å². The minimum absolute atomic E-state index is 0.102. The SMILES string of the molecule is CC(C)(C)C(=O)OC12CC3CC(C1)CC(C(=O)OCC(F)(F)S(=O)(=O)[O-])(C3)C2. The molecular formula is C18H25F2O7S-. The Labute approximate surface area is 162 Å². The number of alkyl halides is 2. The summed E-state index contributed by atoms with van der Waals surface area (Å²) in [4.78, 5) is 25.2. The first-order chi connectivity index (χ1) is 12.6. The lowest BCUT2D eigenvalue weighted by Crippen LogP contribution is -2.60. The first-order valence-corrected chi connectivity index (χ1v) is 10.7. The van der Waals surface area contributed by atoms with Crippen LogP contribution in [0.15, 0.2) is 0 Å². The summed E-state index contributed by atoms with van der Waals surface area (Å²) >= 11 is 0. The molecule has 0 aromatic carbocycles. The Bertz CT molecular complexity index is 770. The molecule has 160 valence electrons. The molecule has 0 spiro atoms. The average Bonchev–Trinajstić information content (AvgIpc) is 2.48. The summed E-state index contributed by atoms with van der Waals surface area (Å²) in [6, 6.07) is 0. The first-order valence-electron chi connectivity index (χ1n) is 9.32. The van der Waals surface area contributed by atoms with Crippen molar-refractivity contribution >= 4 is 22.1 Å². The van der Waals surface area contributed by atoms with E-state index in [-0.39, 0.29) is 24.2 Å². The highest BCUT2D eigenvalue weighted by atomic mass is 32.2. The molecule has 0 saturated heterocycles. The average molecular weight is 423 g/mol. The molecule has 4 aliphatic rings. The van der Waals surface area contributed by atoms with Gasteiger partial charge in [0, 0.05) is 6.42 Å². The fourth-order valence-electron chi connectivity index (χ4n) is 5.26. The molecule has 4 fully saturated rings. The minimum Gasteiger partial charge on any atom is -0.743 e. The number of ether oxygens (including phenoxy) is 2. The molecule has 2 unspecified atom stereocenters. The smallest absolute Gasteiger partial charge is 0.367 e. The number of hydrogen-bond acceptors (Lipinski definition) is 7. The van der Waals surface area contributed by atoms with E-state index in [9.17, 15) is 31.3 Å². The van der Waals surface area contributed by atoms with E-state index in [0.29, 0.717) is 25.7 Å². The summed E-state index contributed by atoms with van der Waals surface area (Å²) in [5, 5.41) is -4.68. The quantitative estimate of drug-likeness (QED) is 0.494. The Balaban J connectivity index is 1.78. The van der Waals surface area contributed by atoms with Crippen LogP contribution in [0.5, 0.6) is 0 Å². The molecule has 7 nitrogen and oxygen atoms in total. The molecule has 28 heavy (non-hydrogen) atoms. The second-order valence-corrected chi connectivity index (χ2v) is 11.2. The summed E-state index contributed by atoms with van der Waals surface area (Å²) in [5.41, 5.74) is -2.65. The summed E-state index contributed by atoms with van der Waals surface area (Å²) < 4.78 is 69.1. The molecule has 0 amide bonds. The zero-order valence-corrected chi connectivity index (χ0v) is 16.9. The highest BCUT2D eigenvalue weighted by Gasteiger charge is 2.63.